The first-order valence-corrected chi connectivity index (χ1v) is 10.9. The smallest absolute Gasteiger partial charge is 0.265 e. The zero-order valence-corrected chi connectivity index (χ0v) is 19.5. The number of hydrogen-bond acceptors (Lipinski definition) is 2. The zero-order chi connectivity index (χ0) is 22.5. The van der Waals surface area contributed by atoms with Gasteiger partial charge in [-0.2, -0.15) is 0 Å². The summed E-state index contributed by atoms with van der Waals surface area (Å²) < 4.78 is 6.27. The van der Waals surface area contributed by atoms with Crippen LogP contribution in [0.25, 0.3) is 0 Å². The minimum absolute atomic E-state index is 0.0755. The molecule has 0 saturated carbocycles. The third kappa shape index (κ3) is 5.56. The Bertz CT molecular complexity index is 853. The Morgan fingerprint density at radius 1 is 0.933 bits per heavy atom. The first-order valence-electron chi connectivity index (χ1n) is 10.9. The van der Waals surface area contributed by atoms with E-state index in [2.05, 4.69) is 59.0 Å². The number of rotatable bonds is 9. The third-order valence-electron chi connectivity index (χ3n) is 6.31. The zero-order valence-electron chi connectivity index (χ0n) is 19.5. The van der Waals surface area contributed by atoms with Crippen LogP contribution in [0.2, 0.25) is 0 Å². The van der Waals surface area contributed by atoms with Crippen LogP contribution in [0.1, 0.15) is 78.9 Å². The van der Waals surface area contributed by atoms with Crippen molar-refractivity contribution in [1.29, 1.82) is 0 Å². The molecule has 0 bridgehead atoms. The van der Waals surface area contributed by atoms with Gasteiger partial charge in [-0.3, -0.25) is 9.90 Å². The predicted molar refractivity (Wildman–Crippen MR) is 123 cm³/mol. The van der Waals surface area contributed by atoms with Gasteiger partial charge in [0.15, 0.2) is 11.9 Å². The molecule has 0 spiro atoms. The fourth-order valence-electron chi connectivity index (χ4n) is 3.21. The summed E-state index contributed by atoms with van der Waals surface area (Å²) in [4.78, 5) is 12.8. The number of anilines is 1. The van der Waals surface area contributed by atoms with E-state index in [0.29, 0.717) is 12.1 Å². The molecule has 0 aliphatic heterocycles. The Labute approximate surface area is 181 Å². The molecule has 30 heavy (non-hydrogen) atoms. The van der Waals surface area contributed by atoms with E-state index in [4.69, 9.17) is 4.74 Å². The summed E-state index contributed by atoms with van der Waals surface area (Å²) in [5.74, 6) is 0.460. The van der Waals surface area contributed by atoms with Crippen LogP contribution in [-0.2, 0) is 20.7 Å². The molecule has 0 fully saturated rings. The van der Waals surface area contributed by atoms with Gasteiger partial charge in [-0.05, 0) is 66.0 Å². The van der Waals surface area contributed by atoms with Crippen molar-refractivity contribution in [2.45, 2.75) is 84.7 Å². The highest BCUT2D eigenvalue weighted by Gasteiger charge is 2.28. The fraction of sp³-hybridized carbons (Fsp3) is 0.500. The van der Waals surface area contributed by atoms with Crippen LogP contribution in [0.4, 0.5) is 5.69 Å². The molecule has 0 aromatic heterocycles. The van der Waals surface area contributed by atoms with Crippen LogP contribution in [0, 0.1) is 0 Å². The highest BCUT2D eigenvalue weighted by molar-refractivity contribution is 5.94. The van der Waals surface area contributed by atoms with E-state index in [0.717, 1.165) is 24.2 Å². The van der Waals surface area contributed by atoms with E-state index in [-0.39, 0.29) is 22.5 Å². The van der Waals surface area contributed by atoms with Gasteiger partial charge in [-0.15, -0.1) is 0 Å². The first-order chi connectivity index (χ1) is 14.0. The number of ether oxygens (including phenoxy) is 1. The van der Waals surface area contributed by atoms with Gasteiger partial charge in [-0.1, -0.05) is 60.6 Å². The van der Waals surface area contributed by atoms with Gasteiger partial charge in [-0.25, -0.2) is 0 Å². The molecule has 0 heterocycles. The minimum Gasteiger partial charge on any atom is -0.480 e. The topological polar surface area (TPSA) is 58.2 Å². The van der Waals surface area contributed by atoms with Crippen molar-refractivity contribution in [2.75, 3.05) is 5.32 Å². The van der Waals surface area contributed by atoms with Crippen molar-refractivity contribution in [3.05, 3.63) is 53.6 Å². The number of nitrogens with one attached hydrogen (secondary N) is 1. The van der Waals surface area contributed by atoms with E-state index >= 15 is 0 Å². The van der Waals surface area contributed by atoms with Gasteiger partial charge in [0, 0.05) is 11.3 Å². The van der Waals surface area contributed by atoms with E-state index in [1.807, 2.05) is 13.0 Å². The van der Waals surface area contributed by atoms with Crippen molar-refractivity contribution < 1.29 is 14.6 Å². The van der Waals surface area contributed by atoms with E-state index < -0.39 is 6.10 Å². The quantitative estimate of drug-likeness (QED) is 0.484. The molecular weight excluding hydrogens is 374 g/mol. The first kappa shape index (κ1) is 23.8. The third-order valence-corrected chi connectivity index (χ3v) is 6.31. The van der Waals surface area contributed by atoms with Crippen LogP contribution in [-0.4, -0.2) is 12.0 Å². The number of amides is 1. The maximum atomic E-state index is 12.8. The monoisotopic (exact) mass is 410 g/mol. The van der Waals surface area contributed by atoms with Crippen molar-refractivity contribution >= 4 is 11.6 Å². The average molecular weight is 411 g/mol. The summed E-state index contributed by atoms with van der Waals surface area (Å²) in [5.41, 5.74) is 3.01. The van der Waals surface area contributed by atoms with Gasteiger partial charge in [0.2, 0.25) is 0 Å². The molecule has 2 aromatic carbocycles. The molecule has 1 unspecified atom stereocenters. The second-order valence-electron chi connectivity index (χ2n) is 9.21. The molecule has 2 rings (SSSR count). The SMILES string of the molecule is CCC(Oc1ccc(C(C)(C)CC)cc1C(C)(C)CC)C(=O)Nc1ccc([O])cc1. The maximum absolute atomic E-state index is 12.8. The van der Waals surface area contributed by atoms with Crippen molar-refractivity contribution in [1.82, 2.24) is 0 Å². The minimum atomic E-state index is -0.617. The van der Waals surface area contributed by atoms with Crippen LogP contribution < -0.4 is 10.1 Å². The largest absolute Gasteiger partial charge is 0.480 e. The molecular formula is C26H36NO3. The maximum Gasteiger partial charge on any atom is 0.265 e. The summed E-state index contributed by atoms with van der Waals surface area (Å²) in [5, 5.41) is 14.1. The highest BCUT2D eigenvalue weighted by atomic mass is 16.5. The summed E-state index contributed by atoms with van der Waals surface area (Å²) in [6.07, 6.45) is 1.93. The predicted octanol–water partition coefficient (Wildman–Crippen LogP) is 7.00. The van der Waals surface area contributed by atoms with E-state index in [1.54, 1.807) is 12.1 Å². The number of carbonyl (C=O) groups is 1. The lowest BCUT2D eigenvalue weighted by Gasteiger charge is -2.31. The van der Waals surface area contributed by atoms with Crippen molar-refractivity contribution in [3.8, 4) is 11.5 Å². The van der Waals surface area contributed by atoms with Crippen LogP contribution in [0.15, 0.2) is 42.5 Å². The molecule has 4 heteroatoms. The molecule has 1 radical (unpaired) electrons. The second-order valence-corrected chi connectivity index (χ2v) is 9.21. The van der Waals surface area contributed by atoms with Crippen LogP contribution >= 0.6 is 0 Å². The Balaban J connectivity index is 2.33. The summed E-state index contributed by atoms with van der Waals surface area (Å²) in [6.45, 7) is 15.2. The molecule has 0 saturated heterocycles. The lowest BCUT2D eigenvalue weighted by molar-refractivity contribution is -0.122. The van der Waals surface area contributed by atoms with Crippen LogP contribution in [0.3, 0.4) is 0 Å². The second kappa shape index (κ2) is 9.55. The summed E-state index contributed by atoms with van der Waals surface area (Å²) >= 11 is 0. The van der Waals surface area contributed by atoms with Gasteiger partial charge >= 0.3 is 0 Å². The molecule has 1 amide bonds. The Hall–Kier alpha value is -2.49. The lowest BCUT2D eigenvalue weighted by Crippen LogP contribution is -2.33. The van der Waals surface area contributed by atoms with E-state index in [9.17, 15) is 9.90 Å². The fourth-order valence-corrected chi connectivity index (χ4v) is 3.21. The van der Waals surface area contributed by atoms with Gasteiger partial charge in [0.05, 0.1) is 0 Å². The number of hydrogen-bond donors (Lipinski definition) is 1. The molecule has 4 nitrogen and oxygen atoms in total. The van der Waals surface area contributed by atoms with Gasteiger partial charge in [0.1, 0.15) is 5.75 Å². The van der Waals surface area contributed by atoms with Gasteiger partial charge in [0.25, 0.3) is 5.91 Å². The van der Waals surface area contributed by atoms with Crippen molar-refractivity contribution in [3.63, 3.8) is 0 Å². The lowest BCUT2D eigenvalue weighted by atomic mass is 9.76. The average Bonchev–Trinajstić information content (AvgIpc) is 2.73. The van der Waals surface area contributed by atoms with Crippen molar-refractivity contribution in [2.24, 2.45) is 0 Å². The Kier molecular flexibility index (Phi) is 7.57. The van der Waals surface area contributed by atoms with Gasteiger partial charge < -0.3 is 10.1 Å². The summed E-state index contributed by atoms with van der Waals surface area (Å²) in [6, 6.07) is 12.5. The number of benzene rings is 2. The van der Waals surface area contributed by atoms with E-state index in [1.165, 1.54) is 17.7 Å². The molecule has 0 aliphatic carbocycles. The molecule has 2 aromatic rings. The van der Waals surface area contributed by atoms with Crippen LogP contribution in [0.5, 0.6) is 11.5 Å². The number of carbonyl (C=O) groups excluding carboxylic acids is 1. The normalized spacial score (nSPS) is 13.0. The highest BCUT2D eigenvalue weighted by Crippen LogP contribution is 2.39. The Morgan fingerprint density at radius 2 is 1.53 bits per heavy atom. The molecule has 1 N–H and O–H groups in total. The standard InChI is InChI=1S/C26H36NO3/c1-8-22(24(29)27-19-12-14-20(28)15-13-19)30-23-16-11-18(25(4,5)9-2)17-21(23)26(6,7)10-3/h11-17,22H,8-10H2,1-7H3,(H,27,29). The molecule has 1 atom stereocenters. The summed E-state index contributed by atoms with van der Waals surface area (Å²) in [7, 11) is 0. The Morgan fingerprint density at radius 3 is 2.07 bits per heavy atom. The molecule has 0 aliphatic rings. The molecule has 163 valence electrons.